The lowest BCUT2D eigenvalue weighted by Crippen LogP contribution is -2.05. The van der Waals surface area contributed by atoms with E-state index in [2.05, 4.69) is 10.4 Å². The number of rotatable bonds is 3. The Balaban J connectivity index is 2.24. The second-order valence-corrected chi connectivity index (χ2v) is 4.53. The number of benzene rings is 1. The van der Waals surface area contributed by atoms with Crippen LogP contribution in [0.4, 0.5) is 14.5 Å². The largest absolute Gasteiger partial charge is 0.378 e. The molecular formula is C14H14F2N4. The van der Waals surface area contributed by atoms with E-state index in [-0.39, 0.29) is 11.3 Å². The van der Waals surface area contributed by atoms with E-state index >= 15 is 0 Å². The molecule has 1 N–H and O–H groups in total. The average Bonchev–Trinajstić information content (AvgIpc) is 2.66. The number of nitrogens with one attached hydrogen (secondary N) is 1. The van der Waals surface area contributed by atoms with Gasteiger partial charge in [0.25, 0.3) is 0 Å². The standard InChI is InChI=1S/C14H14F2N4/c1-8-11(9(2)20(3)19-8)7-18-12-5-4-10(6-17)13(15)14(12)16/h4-5,18H,7H2,1-3H3. The van der Waals surface area contributed by atoms with Gasteiger partial charge in [-0.05, 0) is 26.0 Å². The highest BCUT2D eigenvalue weighted by atomic mass is 19.2. The van der Waals surface area contributed by atoms with Crippen LogP contribution in [0.25, 0.3) is 0 Å². The van der Waals surface area contributed by atoms with E-state index in [4.69, 9.17) is 5.26 Å². The van der Waals surface area contributed by atoms with Crippen LogP contribution in [0.1, 0.15) is 22.5 Å². The van der Waals surface area contributed by atoms with Crippen molar-refractivity contribution in [1.82, 2.24) is 9.78 Å². The highest BCUT2D eigenvalue weighted by Gasteiger charge is 2.14. The van der Waals surface area contributed by atoms with Crippen LogP contribution in [0.15, 0.2) is 12.1 Å². The Labute approximate surface area is 115 Å². The summed E-state index contributed by atoms with van der Waals surface area (Å²) in [7, 11) is 1.83. The minimum absolute atomic E-state index is 0.0316. The molecule has 0 aliphatic rings. The minimum Gasteiger partial charge on any atom is -0.378 e. The van der Waals surface area contributed by atoms with Crippen LogP contribution in [-0.4, -0.2) is 9.78 Å². The van der Waals surface area contributed by atoms with Crippen LogP contribution in [0.3, 0.4) is 0 Å². The first kappa shape index (κ1) is 14.0. The summed E-state index contributed by atoms with van der Waals surface area (Å²) in [6, 6.07) is 4.22. The Hall–Kier alpha value is -2.42. The van der Waals surface area contributed by atoms with Gasteiger partial charge in [0.1, 0.15) is 6.07 Å². The Bertz CT molecular complexity index is 698. The van der Waals surface area contributed by atoms with Gasteiger partial charge in [-0.25, -0.2) is 8.78 Å². The van der Waals surface area contributed by atoms with Gasteiger partial charge in [0.15, 0.2) is 11.6 Å². The summed E-state index contributed by atoms with van der Waals surface area (Å²) in [5, 5.41) is 15.7. The normalized spacial score (nSPS) is 10.4. The SMILES string of the molecule is Cc1nn(C)c(C)c1CNc1ccc(C#N)c(F)c1F. The second-order valence-electron chi connectivity index (χ2n) is 4.53. The summed E-state index contributed by atoms with van der Waals surface area (Å²) in [5.41, 5.74) is 2.47. The lowest BCUT2D eigenvalue weighted by molar-refractivity contribution is 0.508. The second kappa shape index (κ2) is 5.29. The molecule has 0 fully saturated rings. The van der Waals surface area contributed by atoms with Crippen LogP contribution in [0.2, 0.25) is 0 Å². The third-order valence-corrected chi connectivity index (χ3v) is 3.32. The first-order valence-corrected chi connectivity index (χ1v) is 6.06. The average molecular weight is 276 g/mol. The van der Waals surface area contributed by atoms with Gasteiger partial charge in [0.2, 0.25) is 0 Å². The maximum Gasteiger partial charge on any atom is 0.183 e. The lowest BCUT2D eigenvalue weighted by Gasteiger charge is -2.09. The Morgan fingerprint density at radius 2 is 2.00 bits per heavy atom. The van der Waals surface area contributed by atoms with Gasteiger partial charge in [-0.3, -0.25) is 4.68 Å². The van der Waals surface area contributed by atoms with Crippen LogP contribution < -0.4 is 5.32 Å². The number of hydrogen-bond donors (Lipinski definition) is 1. The molecule has 1 aromatic carbocycles. The molecule has 0 aliphatic heterocycles. The molecule has 0 unspecified atom stereocenters. The first-order chi connectivity index (χ1) is 9.45. The summed E-state index contributed by atoms with van der Waals surface area (Å²) in [6.45, 7) is 4.11. The van der Waals surface area contributed by atoms with Gasteiger partial charge >= 0.3 is 0 Å². The maximum atomic E-state index is 13.7. The van der Waals surface area contributed by atoms with Crippen molar-refractivity contribution in [3.63, 3.8) is 0 Å². The first-order valence-electron chi connectivity index (χ1n) is 6.06. The summed E-state index contributed by atoms with van der Waals surface area (Å²) in [4.78, 5) is 0. The molecule has 6 heteroatoms. The molecule has 2 rings (SSSR count). The Kier molecular flexibility index (Phi) is 3.70. The van der Waals surface area contributed by atoms with Crippen molar-refractivity contribution in [3.8, 4) is 6.07 Å². The van der Waals surface area contributed by atoms with Gasteiger partial charge in [0.05, 0.1) is 16.9 Å². The highest BCUT2D eigenvalue weighted by molar-refractivity contribution is 5.50. The number of nitriles is 1. The molecule has 0 aliphatic carbocycles. The molecule has 0 amide bonds. The number of halogens is 2. The van der Waals surface area contributed by atoms with Crippen molar-refractivity contribution < 1.29 is 8.78 Å². The predicted octanol–water partition coefficient (Wildman–Crippen LogP) is 2.80. The molecule has 0 saturated carbocycles. The summed E-state index contributed by atoms with van der Waals surface area (Å²) in [5.74, 6) is -2.17. The quantitative estimate of drug-likeness (QED) is 0.937. The molecule has 1 heterocycles. The van der Waals surface area contributed by atoms with Crippen molar-refractivity contribution >= 4 is 5.69 Å². The fraction of sp³-hybridized carbons (Fsp3) is 0.286. The van der Waals surface area contributed by atoms with Crippen LogP contribution in [0.5, 0.6) is 0 Å². The molecule has 1 aromatic heterocycles. The highest BCUT2D eigenvalue weighted by Crippen LogP contribution is 2.22. The Morgan fingerprint density at radius 3 is 2.55 bits per heavy atom. The zero-order valence-corrected chi connectivity index (χ0v) is 11.5. The zero-order valence-electron chi connectivity index (χ0n) is 11.5. The zero-order chi connectivity index (χ0) is 14.9. The fourth-order valence-electron chi connectivity index (χ4n) is 2.03. The number of aromatic nitrogens is 2. The molecule has 0 atom stereocenters. The van der Waals surface area contributed by atoms with Crippen molar-refractivity contribution in [3.05, 3.63) is 46.3 Å². The monoisotopic (exact) mass is 276 g/mol. The molecular weight excluding hydrogens is 262 g/mol. The van der Waals surface area contributed by atoms with E-state index in [9.17, 15) is 8.78 Å². The molecule has 0 spiro atoms. The number of anilines is 1. The Morgan fingerprint density at radius 1 is 1.30 bits per heavy atom. The number of aryl methyl sites for hydroxylation is 2. The minimum atomic E-state index is -1.13. The van der Waals surface area contributed by atoms with Gasteiger partial charge < -0.3 is 5.32 Å². The lowest BCUT2D eigenvalue weighted by atomic mass is 10.1. The van der Waals surface area contributed by atoms with Crippen molar-refractivity contribution in [1.29, 1.82) is 5.26 Å². The summed E-state index contributed by atoms with van der Waals surface area (Å²) < 4.78 is 29.0. The van der Waals surface area contributed by atoms with Crippen LogP contribution >= 0.6 is 0 Å². The predicted molar refractivity (Wildman–Crippen MR) is 71.1 cm³/mol. The molecule has 0 radical (unpaired) electrons. The smallest absolute Gasteiger partial charge is 0.183 e. The van der Waals surface area contributed by atoms with E-state index in [1.807, 2.05) is 20.9 Å². The summed E-state index contributed by atoms with van der Waals surface area (Å²) >= 11 is 0. The van der Waals surface area contributed by atoms with Crippen molar-refractivity contribution in [2.75, 3.05) is 5.32 Å². The number of hydrogen-bond acceptors (Lipinski definition) is 3. The van der Waals surface area contributed by atoms with E-state index in [0.717, 1.165) is 17.0 Å². The van der Waals surface area contributed by atoms with Crippen molar-refractivity contribution in [2.24, 2.45) is 7.05 Å². The topological polar surface area (TPSA) is 53.6 Å². The van der Waals surface area contributed by atoms with Gasteiger partial charge in [-0.1, -0.05) is 0 Å². The van der Waals surface area contributed by atoms with E-state index in [0.29, 0.717) is 6.54 Å². The summed E-state index contributed by atoms with van der Waals surface area (Å²) in [6.07, 6.45) is 0. The van der Waals surface area contributed by atoms with Gasteiger partial charge in [0, 0.05) is 24.8 Å². The van der Waals surface area contributed by atoms with Crippen LogP contribution in [-0.2, 0) is 13.6 Å². The third-order valence-electron chi connectivity index (χ3n) is 3.32. The maximum absolute atomic E-state index is 13.7. The molecule has 0 bridgehead atoms. The van der Waals surface area contributed by atoms with Crippen molar-refractivity contribution in [2.45, 2.75) is 20.4 Å². The fourth-order valence-corrected chi connectivity index (χ4v) is 2.03. The molecule has 20 heavy (non-hydrogen) atoms. The van der Waals surface area contributed by atoms with Crippen LogP contribution in [0, 0.1) is 36.8 Å². The molecule has 2 aromatic rings. The molecule has 104 valence electrons. The van der Waals surface area contributed by atoms with Gasteiger partial charge in [-0.15, -0.1) is 0 Å². The molecule has 0 saturated heterocycles. The van der Waals surface area contributed by atoms with Gasteiger partial charge in [-0.2, -0.15) is 10.4 Å². The van der Waals surface area contributed by atoms with E-state index in [1.165, 1.54) is 12.1 Å². The third kappa shape index (κ3) is 2.35. The molecule has 4 nitrogen and oxygen atoms in total. The van der Waals surface area contributed by atoms with E-state index in [1.54, 1.807) is 10.8 Å². The number of nitrogens with zero attached hydrogens (tertiary/aromatic N) is 3. The van der Waals surface area contributed by atoms with E-state index < -0.39 is 11.6 Å².